The third-order valence-electron chi connectivity index (χ3n) is 6.18. The van der Waals surface area contributed by atoms with Crippen molar-refractivity contribution in [1.82, 2.24) is 25.1 Å². The number of fused-ring (bicyclic) bond motifs is 1. The molecular formula is C24H25F2N5O5. The third-order valence-corrected chi connectivity index (χ3v) is 6.18. The number of aliphatic carboxylic acids is 1. The molecule has 0 spiro atoms. The standard InChI is InChI=1S/C24H25F2N5O5/c1-28-14-21(32)30-19(10-22(33)34)23(35)29(12-16-7-8-17(25)9-18(16)26)13-20(30)31(28)24(36)27-11-15-5-3-2-4-6-15/h2-9,19-20H,10-14H2,1H3,(H,27,36)(H,33,34). The van der Waals surface area contributed by atoms with Crippen LogP contribution in [0, 0.1) is 11.6 Å². The van der Waals surface area contributed by atoms with Crippen LogP contribution in [0.25, 0.3) is 0 Å². The Morgan fingerprint density at radius 2 is 1.83 bits per heavy atom. The number of halogens is 2. The lowest BCUT2D eigenvalue weighted by molar-refractivity contribution is -0.189. The van der Waals surface area contributed by atoms with E-state index in [0.29, 0.717) is 6.07 Å². The van der Waals surface area contributed by atoms with Crippen molar-refractivity contribution in [3.63, 3.8) is 0 Å². The normalized spacial score (nSPS) is 20.4. The first kappa shape index (κ1) is 25.0. The monoisotopic (exact) mass is 501 g/mol. The average molecular weight is 501 g/mol. The number of amides is 4. The Hall–Kier alpha value is -4.06. The van der Waals surface area contributed by atoms with E-state index in [1.165, 1.54) is 28.0 Å². The minimum Gasteiger partial charge on any atom is -0.481 e. The van der Waals surface area contributed by atoms with Crippen LogP contribution in [0.2, 0.25) is 0 Å². The molecule has 12 heteroatoms. The van der Waals surface area contributed by atoms with Gasteiger partial charge in [0.1, 0.15) is 23.8 Å². The molecule has 2 fully saturated rings. The quantitative estimate of drug-likeness (QED) is 0.619. The van der Waals surface area contributed by atoms with Crippen molar-refractivity contribution in [2.45, 2.75) is 31.7 Å². The number of urea groups is 1. The van der Waals surface area contributed by atoms with Gasteiger partial charge >= 0.3 is 12.0 Å². The van der Waals surface area contributed by atoms with Gasteiger partial charge in [0.25, 0.3) is 0 Å². The zero-order chi connectivity index (χ0) is 26.0. The highest BCUT2D eigenvalue weighted by atomic mass is 19.1. The van der Waals surface area contributed by atoms with E-state index >= 15 is 0 Å². The number of rotatable bonds is 6. The van der Waals surface area contributed by atoms with Crippen molar-refractivity contribution in [2.75, 3.05) is 20.1 Å². The highest BCUT2D eigenvalue weighted by Gasteiger charge is 2.51. The van der Waals surface area contributed by atoms with Gasteiger partial charge in [-0.2, -0.15) is 0 Å². The van der Waals surface area contributed by atoms with Gasteiger partial charge in [0.2, 0.25) is 11.8 Å². The molecule has 2 aliphatic heterocycles. The second-order valence-corrected chi connectivity index (χ2v) is 8.65. The first-order valence-electron chi connectivity index (χ1n) is 11.2. The lowest BCUT2D eigenvalue weighted by Crippen LogP contribution is -2.76. The number of nitrogens with zero attached hydrogens (tertiary/aromatic N) is 4. The second kappa shape index (κ2) is 10.3. The maximum Gasteiger partial charge on any atom is 0.334 e. The first-order chi connectivity index (χ1) is 17.2. The summed E-state index contributed by atoms with van der Waals surface area (Å²) in [5, 5.41) is 14.9. The minimum absolute atomic E-state index is 0.0165. The van der Waals surface area contributed by atoms with Crippen molar-refractivity contribution in [3.8, 4) is 0 Å². The topological polar surface area (TPSA) is 114 Å². The number of nitrogens with one attached hydrogen (secondary N) is 1. The molecule has 36 heavy (non-hydrogen) atoms. The molecule has 2 saturated heterocycles. The molecule has 0 saturated carbocycles. The van der Waals surface area contributed by atoms with E-state index in [1.54, 1.807) is 0 Å². The largest absolute Gasteiger partial charge is 0.481 e. The van der Waals surface area contributed by atoms with E-state index in [9.17, 15) is 33.1 Å². The molecule has 2 atom stereocenters. The van der Waals surface area contributed by atoms with E-state index in [-0.39, 0.29) is 31.7 Å². The molecule has 0 aliphatic carbocycles. The Bertz CT molecular complexity index is 1180. The molecule has 0 bridgehead atoms. The number of likely N-dealkylation sites (N-methyl/N-ethyl adjacent to an activating group) is 1. The van der Waals surface area contributed by atoms with Crippen LogP contribution in [-0.4, -0.2) is 81.1 Å². The number of hydrazine groups is 1. The highest BCUT2D eigenvalue weighted by Crippen LogP contribution is 2.28. The van der Waals surface area contributed by atoms with Crippen LogP contribution in [0.5, 0.6) is 0 Å². The number of hydrogen-bond acceptors (Lipinski definition) is 5. The number of piperazine rings is 1. The molecule has 4 rings (SSSR count). The number of hydrogen-bond donors (Lipinski definition) is 2. The molecule has 2 N–H and O–H groups in total. The summed E-state index contributed by atoms with van der Waals surface area (Å²) in [6, 6.07) is 10.1. The summed E-state index contributed by atoms with van der Waals surface area (Å²) < 4.78 is 27.7. The summed E-state index contributed by atoms with van der Waals surface area (Å²) >= 11 is 0. The fourth-order valence-corrected chi connectivity index (χ4v) is 4.52. The number of carboxylic acids is 1. The Labute approximate surface area is 205 Å². The fourth-order valence-electron chi connectivity index (χ4n) is 4.52. The van der Waals surface area contributed by atoms with Gasteiger partial charge < -0.3 is 20.2 Å². The van der Waals surface area contributed by atoms with Gasteiger partial charge in [0, 0.05) is 31.8 Å². The third kappa shape index (κ3) is 5.13. The van der Waals surface area contributed by atoms with E-state index in [2.05, 4.69) is 5.32 Å². The van der Waals surface area contributed by atoms with Gasteiger partial charge in [0.15, 0.2) is 0 Å². The zero-order valence-electron chi connectivity index (χ0n) is 19.4. The molecule has 2 heterocycles. The predicted octanol–water partition coefficient (Wildman–Crippen LogP) is 1.38. The highest BCUT2D eigenvalue weighted by molar-refractivity contribution is 5.93. The van der Waals surface area contributed by atoms with Crippen LogP contribution in [0.3, 0.4) is 0 Å². The van der Waals surface area contributed by atoms with Gasteiger partial charge in [-0.1, -0.05) is 36.4 Å². The van der Waals surface area contributed by atoms with Crippen molar-refractivity contribution in [2.24, 2.45) is 0 Å². The number of carbonyl (C=O) groups excluding carboxylic acids is 3. The van der Waals surface area contributed by atoms with Crippen LogP contribution in [0.4, 0.5) is 13.6 Å². The number of carboxylic acid groups (broad SMARTS) is 1. The van der Waals surface area contributed by atoms with Gasteiger partial charge in [0.05, 0.1) is 19.5 Å². The molecular weight excluding hydrogens is 476 g/mol. The minimum atomic E-state index is -1.39. The van der Waals surface area contributed by atoms with E-state index < -0.39 is 54.1 Å². The van der Waals surface area contributed by atoms with Crippen LogP contribution in [0.15, 0.2) is 48.5 Å². The van der Waals surface area contributed by atoms with Crippen LogP contribution in [0.1, 0.15) is 17.5 Å². The Balaban J connectivity index is 1.63. The van der Waals surface area contributed by atoms with Crippen molar-refractivity contribution in [3.05, 3.63) is 71.3 Å². The Morgan fingerprint density at radius 3 is 2.50 bits per heavy atom. The number of carbonyl (C=O) groups is 4. The summed E-state index contributed by atoms with van der Waals surface area (Å²) in [4.78, 5) is 53.3. The molecule has 0 radical (unpaired) electrons. The van der Waals surface area contributed by atoms with Gasteiger partial charge in [-0.25, -0.2) is 23.6 Å². The lowest BCUT2D eigenvalue weighted by Gasteiger charge is -2.54. The van der Waals surface area contributed by atoms with Crippen molar-refractivity contribution >= 4 is 23.8 Å². The van der Waals surface area contributed by atoms with Gasteiger partial charge in [-0.3, -0.25) is 14.4 Å². The SMILES string of the molecule is CN1CC(=O)N2C(CC(=O)O)C(=O)N(Cc3ccc(F)cc3F)CC2N1C(=O)NCc1ccccc1. The van der Waals surface area contributed by atoms with Crippen LogP contribution >= 0.6 is 0 Å². The zero-order valence-corrected chi connectivity index (χ0v) is 19.4. The molecule has 4 amide bonds. The maximum atomic E-state index is 14.3. The summed E-state index contributed by atoms with van der Waals surface area (Å²) in [5.41, 5.74) is 0.859. The summed E-state index contributed by atoms with van der Waals surface area (Å²) in [5.74, 6) is -4.17. The number of benzene rings is 2. The lowest BCUT2D eigenvalue weighted by atomic mass is 10.0. The Morgan fingerprint density at radius 1 is 1.11 bits per heavy atom. The average Bonchev–Trinajstić information content (AvgIpc) is 2.82. The molecule has 190 valence electrons. The van der Waals surface area contributed by atoms with Gasteiger partial charge in [-0.15, -0.1) is 0 Å². The maximum absolute atomic E-state index is 14.3. The van der Waals surface area contributed by atoms with E-state index in [1.807, 2.05) is 30.3 Å². The molecule has 10 nitrogen and oxygen atoms in total. The second-order valence-electron chi connectivity index (χ2n) is 8.65. The predicted molar refractivity (Wildman–Crippen MR) is 122 cm³/mol. The van der Waals surface area contributed by atoms with Crippen molar-refractivity contribution < 1.29 is 33.1 Å². The fraction of sp³-hybridized carbons (Fsp3) is 0.333. The van der Waals surface area contributed by atoms with Crippen LogP contribution < -0.4 is 5.32 Å². The molecule has 2 aromatic rings. The summed E-state index contributed by atoms with van der Waals surface area (Å²) in [7, 11) is 1.53. The van der Waals surface area contributed by atoms with E-state index in [4.69, 9.17) is 0 Å². The Kier molecular flexibility index (Phi) is 7.15. The smallest absolute Gasteiger partial charge is 0.334 e. The molecule has 0 aromatic heterocycles. The van der Waals surface area contributed by atoms with Gasteiger partial charge in [-0.05, 0) is 11.6 Å². The summed E-state index contributed by atoms with van der Waals surface area (Å²) in [6.07, 6.45) is -1.72. The molecule has 2 unspecified atom stereocenters. The van der Waals surface area contributed by atoms with Crippen molar-refractivity contribution in [1.29, 1.82) is 0 Å². The van der Waals surface area contributed by atoms with Crippen LogP contribution in [-0.2, 0) is 27.5 Å². The van der Waals surface area contributed by atoms with E-state index in [0.717, 1.165) is 16.5 Å². The first-order valence-corrected chi connectivity index (χ1v) is 11.2. The molecule has 2 aliphatic rings. The molecule has 2 aromatic carbocycles. The summed E-state index contributed by atoms with van der Waals surface area (Å²) in [6.45, 7) is -0.526.